The molecule has 0 aliphatic carbocycles. The van der Waals surface area contributed by atoms with Crippen molar-refractivity contribution < 1.29 is 21.6 Å². The third-order valence-corrected chi connectivity index (χ3v) is 6.28. The van der Waals surface area contributed by atoms with E-state index in [1.807, 2.05) is 6.07 Å². The standard InChI is InChI=1S/C17H21N3O5S2/c1-12-3-4-13(2)16(11-12)27(24,25)19-10-9-17(21)20-14-5-7-15(8-6-14)26(18,22)23/h3-8,11,19H,9-10H2,1-2H3,(H,20,21)(H2,18,22,23). The van der Waals surface area contributed by atoms with Gasteiger partial charge in [0, 0.05) is 18.7 Å². The maximum absolute atomic E-state index is 12.4. The monoisotopic (exact) mass is 411 g/mol. The summed E-state index contributed by atoms with van der Waals surface area (Å²) in [5, 5.41) is 7.56. The van der Waals surface area contributed by atoms with Gasteiger partial charge in [0.15, 0.2) is 0 Å². The van der Waals surface area contributed by atoms with Crippen LogP contribution in [0, 0.1) is 13.8 Å². The Morgan fingerprint density at radius 2 is 1.63 bits per heavy atom. The van der Waals surface area contributed by atoms with Crippen LogP contribution in [-0.2, 0) is 24.8 Å². The van der Waals surface area contributed by atoms with Gasteiger partial charge in [-0.25, -0.2) is 26.7 Å². The van der Waals surface area contributed by atoms with Gasteiger partial charge in [-0.05, 0) is 55.3 Å². The highest BCUT2D eigenvalue weighted by atomic mass is 32.2. The first-order valence-corrected chi connectivity index (χ1v) is 11.0. The van der Waals surface area contributed by atoms with E-state index in [0.717, 1.165) is 5.56 Å². The molecule has 0 radical (unpaired) electrons. The van der Waals surface area contributed by atoms with E-state index in [9.17, 15) is 21.6 Å². The summed E-state index contributed by atoms with van der Waals surface area (Å²) < 4.78 is 49.5. The molecule has 0 bridgehead atoms. The van der Waals surface area contributed by atoms with Gasteiger partial charge in [0.25, 0.3) is 0 Å². The molecule has 0 heterocycles. The molecular weight excluding hydrogens is 390 g/mol. The Hall–Kier alpha value is -2.27. The molecule has 146 valence electrons. The number of nitrogens with one attached hydrogen (secondary N) is 2. The quantitative estimate of drug-likeness (QED) is 0.630. The van der Waals surface area contributed by atoms with E-state index in [4.69, 9.17) is 5.14 Å². The van der Waals surface area contributed by atoms with Crippen molar-refractivity contribution in [3.05, 3.63) is 53.6 Å². The van der Waals surface area contributed by atoms with E-state index in [-0.39, 0.29) is 22.8 Å². The molecule has 0 saturated carbocycles. The molecule has 0 aliphatic heterocycles. The smallest absolute Gasteiger partial charge is 0.240 e. The van der Waals surface area contributed by atoms with Gasteiger partial charge in [0.1, 0.15) is 0 Å². The van der Waals surface area contributed by atoms with Crippen molar-refractivity contribution in [2.75, 3.05) is 11.9 Å². The minimum atomic E-state index is -3.80. The lowest BCUT2D eigenvalue weighted by Crippen LogP contribution is -2.28. The van der Waals surface area contributed by atoms with Crippen molar-refractivity contribution in [1.29, 1.82) is 0 Å². The molecule has 0 aliphatic rings. The van der Waals surface area contributed by atoms with Crippen LogP contribution in [0.25, 0.3) is 0 Å². The van der Waals surface area contributed by atoms with Crippen LogP contribution in [-0.4, -0.2) is 29.3 Å². The molecule has 27 heavy (non-hydrogen) atoms. The Labute approximate surface area is 158 Å². The second-order valence-electron chi connectivity index (χ2n) is 6.03. The number of rotatable bonds is 7. The van der Waals surface area contributed by atoms with Crippen molar-refractivity contribution in [2.24, 2.45) is 5.14 Å². The summed E-state index contributed by atoms with van der Waals surface area (Å²) in [6.45, 7) is 3.43. The van der Waals surface area contributed by atoms with Crippen LogP contribution in [0.5, 0.6) is 0 Å². The fourth-order valence-electron chi connectivity index (χ4n) is 2.32. The average Bonchev–Trinajstić information content (AvgIpc) is 2.56. The number of hydrogen-bond donors (Lipinski definition) is 3. The predicted octanol–water partition coefficient (Wildman–Crippen LogP) is 1.26. The summed E-state index contributed by atoms with van der Waals surface area (Å²) in [7, 11) is -7.52. The maximum atomic E-state index is 12.4. The second-order valence-corrected chi connectivity index (χ2v) is 9.33. The molecular formula is C17H21N3O5S2. The molecule has 0 spiro atoms. The molecule has 10 heteroatoms. The zero-order valence-corrected chi connectivity index (χ0v) is 16.5. The van der Waals surface area contributed by atoms with Crippen molar-refractivity contribution in [3.63, 3.8) is 0 Å². The molecule has 1 amide bonds. The highest BCUT2D eigenvalue weighted by Crippen LogP contribution is 2.16. The number of benzene rings is 2. The zero-order chi connectivity index (χ0) is 20.2. The van der Waals surface area contributed by atoms with Crippen LogP contribution in [0.3, 0.4) is 0 Å². The van der Waals surface area contributed by atoms with Crippen molar-refractivity contribution in [2.45, 2.75) is 30.1 Å². The molecule has 0 atom stereocenters. The normalized spacial score (nSPS) is 12.0. The minimum Gasteiger partial charge on any atom is -0.326 e. The Morgan fingerprint density at radius 3 is 2.22 bits per heavy atom. The van der Waals surface area contributed by atoms with E-state index in [1.54, 1.807) is 26.0 Å². The maximum Gasteiger partial charge on any atom is 0.240 e. The SMILES string of the molecule is Cc1ccc(C)c(S(=O)(=O)NCCC(=O)Nc2ccc(S(N)(=O)=O)cc2)c1. The lowest BCUT2D eigenvalue weighted by molar-refractivity contribution is -0.116. The fourth-order valence-corrected chi connectivity index (χ4v) is 4.20. The number of carbonyl (C=O) groups is 1. The summed E-state index contributed by atoms with van der Waals surface area (Å²) in [6, 6.07) is 10.5. The first-order chi connectivity index (χ1) is 12.5. The van der Waals surface area contributed by atoms with Crippen LogP contribution < -0.4 is 15.2 Å². The van der Waals surface area contributed by atoms with E-state index < -0.39 is 26.0 Å². The molecule has 0 saturated heterocycles. The van der Waals surface area contributed by atoms with Gasteiger partial charge in [0.05, 0.1) is 9.79 Å². The minimum absolute atomic E-state index is 0.0678. The van der Waals surface area contributed by atoms with Gasteiger partial charge in [-0.1, -0.05) is 12.1 Å². The molecule has 2 aromatic carbocycles. The topological polar surface area (TPSA) is 135 Å². The highest BCUT2D eigenvalue weighted by Gasteiger charge is 2.17. The van der Waals surface area contributed by atoms with Gasteiger partial charge in [-0.15, -0.1) is 0 Å². The number of anilines is 1. The molecule has 0 unspecified atom stereocenters. The van der Waals surface area contributed by atoms with Crippen LogP contribution in [0.1, 0.15) is 17.5 Å². The molecule has 2 aromatic rings. The first kappa shape index (κ1) is 21.0. The average molecular weight is 412 g/mol. The van der Waals surface area contributed by atoms with E-state index in [1.165, 1.54) is 24.3 Å². The number of amides is 1. The molecule has 0 fully saturated rings. The van der Waals surface area contributed by atoms with Gasteiger partial charge in [-0.3, -0.25) is 4.79 Å². The summed E-state index contributed by atoms with van der Waals surface area (Å²) in [5.74, 6) is -0.415. The number of carbonyl (C=O) groups excluding carboxylic acids is 1. The van der Waals surface area contributed by atoms with Gasteiger partial charge < -0.3 is 5.32 Å². The van der Waals surface area contributed by atoms with E-state index in [0.29, 0.717) is 11.3 Å². The number of sulfonamides is 2. The Balaban J connectivity index is 1.93. The summed E-state index contributed by atoms with van der Waals surface area (Å²) >= 11 is 0. The summed E-state index contributed by atoms with van der Waals surface area (Å²) in [6.07, 6.45) is -0.0823. The van der Waals surface area contributed by atoms with E-state index >= 15 is 0 Å². The third kappa shape index (κ3) is 5.86. The number of hydrogen-bond acceptors (Lipinski definition) is 5. The van der Waals surface area contributed by atoms with E-state index in [2.05, 4.69) is 10.0 Å². The Morgan fingerprint density at radius 1 is 1.00 bits per heavy atom. The Bertz CT molecular complexity index is 1050. The van der Waals surface area contributed by atoms with Crippen molar-refractivity contribution in [3.8, 4) is 0 Å². The number of nitrogens with two attached hydrogens (primary N) is 1. The van der Waals surface area contributed by atoms with Crippen LogP contribution in [0.2, 0.25) is 0 Å². The molecule has 0 aromatic heterocycles. The molecule has 2 rings (SSSR count). The molecule has 8 nitrogen and oxygen atoms in total. The zero-order valence-electron chi connectivity index (χ0n) is 14.9. The van der Waals surface area contributed by atoms with Crippen LogP contribution in [0.15, 0.2) is 52.3 Å². The first-order valence-electron chi connectivity index (χ1n) is 7.99. The summed E-state index contributed by atoms with van der Waals surface area (Å²) in [4.78, 5) is 12.1. The summed E-state index contributed by atoms with van der Waals surface area (Å²) in [5.41, 5.74) is 1.82. The lowest BCUT2D eigenvalue weighted by atomic mass is 10.2. The van der Waals surface area contributed by atoms with Gasteiger partial charge in [-0.2, -0.15) is 0 Å². The van der Waals surface area contributed by atoms with Crippen LogP contribution in [0.4, 0.5) is 5.69 Å². The van der Waals surface area contributed by atoms with Gasteiger partial charge >= 0.3 is 0 Å². The Kier molecular flexibility index (Phi) is 6.37. The van der Waals surface area contributed by atoms with Crippen LogP contribution >= 0.6 is 0 Å². The second kappa shape index (κ2) is 8.17. The molecule has 4 N–H and O–H groups in total. The third-order valence-electron chi connectivity index (χ3n) is 3.74. The highest BCUT2D eigenvalue weighted by molar-refractivity contribution is 7.89. The van der Waals surface area contributed by atoms with Crippen molar-refractivity contribution >= 4 is 31.6 Å². The lowest BCUT2D eigenvalue weighted by Gasteiger charge is -2.10. The predicted molar refractivity (Wildman–Crippen MR) is 102 cm³/mol. The largest absolute Gasteiger partial charge is 0.326 e. The number of aryl methyl sites for hydroxylation is 2. The fraction of sp³-hybridized carbons (Fsp3) is 0.235. The van der Waals surface area contributed by atoms with Gasteiger partial charge in [0.2, 0.25) is 26.0 Å². The van der Waals surface area contributed by atoms with Crippen molar-refractivity contribution in [1.82, 2.24) is 4.72 Å². The number of primary sulfonamides is 1.